The maximum atomic E-state index is 12.5. The van der Waals surface area contributed by atoms with Crippen molar-refractivity contribution in [2.24, 2.45) is 0 Å². The molecule has 0 saturated carbocycles. The van der Waals surface area contributed by atoms with Crippen LogP contribution in [0.3, 0.4) is 0 Å². The molecule has 0 rings (SSSR count). The molecule has 0 aromatic heterocycles. The van der Waals surface area contributed by atoms with E-state index in [0.29, 0.717) is 6.42 Å². The number of rotatable bonds is 46. The molecule has 4 N–H and O–H groups in total. The van der Waals surface area contributed by atoms with Crippen LogP contribution in [0, 0.1) is 0 Å². The van der Waals surface area contributed by atoms with E-state index < -0.39 is 24.2 Å². The summed E-state index contributed by atoms with van der Waals surface area (Å²) in [7, 11) is 0. The number of nitrogens with one attached hydrogen (secondary N) is 1. The van der Waals surface area contributed by atoms with E-state index in [1.54, 1.807) is 6.08 Å². The number of carbonyl (C=O) groups is 1. The molecule has 0 aliphatic carbocycles. The van der Waals surface area contributed by atoms with Crippen LogP contribution < -0.4 is 5.32 Å². The molecule has 0 bridgehead atoms. The zero-order valence-electron chi connectivity index (χ0n) is 38.2. The third kappa shape index (κ3) is 42.5. The Hall–Kier alpha value is -1.43. The van der Waals surface area contributed by atoms with Crippen LogP contribution in [0.1, 0.15) is 264 Å². The van der Waals surface area contributed by atoms with Crippen molar-refractivity contribution < 1.29 is 20.1 Å². The fourth-order valence-corrected chi connectivity index (χ4v) is 7.73. The van der Waals surface area contributed by atoms with E-state index in [9.17, 15) is 20.1 Å². The van der Waals surface area contributed by atoms with E-state index in [1.807, 2.05) is 6.08 Å². The summed E-state index contributed by atoms with van der Waals surface area (Å²) in [6, 6.07) is -0.815. The minimum absolute atomic E-state index is 0.376. The maximum Gasteiger partial charge on any atom is 0.249 e. The number of carbonyl (C=O) groups excluding carboxylic acids is 1. The van der Waals surface area contributed by atoms with Gasteiger partial charge in [0.1, 0.15) is 6.10 Å². The van der Waals surface area contributed by atoms with Crippen molar-refractivity contribution in [3.05, 3.63) is 36.5 Å². The molecule has 0 spiro atoms. The highest BCUT2D eigenvalue weighted by atomic mass is 16.3. The summed E-state index contributed by atoms with van der Waals surface area (Å²) in [6.07, 6.45) is 60.6. The SMILES string of the molecule is CCCCCCCCCCCCCC/C=C\CCCCCCCCCCCC(O)C(=O)NC(CO)C(O)/C=C/CC/C=C/CCCCCCCCCCCCCC. The third-order valence-corrected chi connectivity index (χ3v) is 11.7. The first-order chi connectivity index (χ1) is 28.1. The minimum atomic E-state index is -1.11. The number of aliphatic hydroxyl groups excluding tert-OH is 3. The molecular weight excluding hydrogens is 703 g/mol. The van der Waals surface area contributed by atoms with Crippen molar-refractivity contribution in [3.63, 3.8) is 0 Å². The normalized spacial score (nSPS) is 13.7. The Morgan fingerprint density at radius 3 is 1.07 bits per heavy atom. The molecule has 5 heteroatoms. The number of amides is 1. The molecule has 0 saturated heterocycles. The van der Waals surface area contributed by atoms with Gasteiger partial charge in [-0.2, -0.15) is 0 Å². The van der Waals surface area contributed by atoms with E-state index >= 15 is 0 Å². The first-order valence-corrected chi connectivity index (χ1v) is 25.3. The Labute approximate surface area is 355 Å². The van der Waals surface area contributed by atoms with E-state index in [0.717, 1.165) is 38.5 Å². The Bertz CT molecular complexity index is 885. The molecule has 0 heterocycles. The van der Waals surface area contributed by atoms with Gasteiger partial charge in [-0.15, -0.1) is 0 Å². The molecule has 57 heavy (non-hydrogen) atoms. The fraction of sp³-hybridized carbons (Fsp3) is 0.865. The van der Waals surface area contributed by atoms with E-state index in [-0.39, 0.29) is 6.61 Å². The fourth-order valence-electron chi connectivity index (χ4n) is 7.73. The Morgan fingerprint density at radius 2 is 0.719 bits per heavy atom. The molecule has 0 aromatic carbocycles. The van der Waals surface area contributed by atoms with Crippen LogP contribution in [0.15, 0.2) is 36.5 Å². The number of unbranched alkanes of at least 4 members (excludes halogenated alkanes) is 34. The molecule has 336 valence electrons. The second-order valence-corrected chi connectivity index (χ2v) is 17.4. The van der Waals surface area contributed by atoms with Gasteiger partial charge >= 0.3 is 0 Å². The Kier molecular flexibility index (Phi) is 46.1. The van der Waals surface area contributed by atoms with Gasteiger partial charge in [0, 0.05) is 0 Å². The Morgan fingerprint density at radius 1 is 0.421 bits per heavy atom. The van der Waals surface area contributed by atoms with Gasteiger partial charge in [0.2, 0.25) is 5.91 Å². The van der Waals surface area contributed by atoms with Crippen molar-refractivity contribution >= 4 is 5.91 Å². The second kappa shape index (κ2) is 47.3. The zero-order chi connectivity index (χ0) is 41.5. The van der Waals surface area contributed by atoms with Crippen molar-refractivity contribution in [2.75, 3.05) is 6.61 Å². The number of hydrogen-bond donors (Lipinski definition) is 4. The molecule has 1 amide bonds. The molecule has 3 unspecified atom stereocenters. The highest BCUT2D eigenvalue weighted by Gasteiger charge is 2.22. The van der Waals surface area contributed by atoms with Gasteiger partial charge < -0.3 is 20.6 Å². The lowest BCUT2D eigenvalue weighted by Crippen LogP contribution is -2.48. The lowest BCUT2D eigenvalue weighted by molar-refractivity contribution is -0.131. The molecule has 0 aliphatic rings. The molecule has 0 fully saturated rings. The van der Waals surface area contributed by atoms with Gasteiger partial charge in [0.05, 0.1) is 18.8 Å². The quantitative estimate of drug-likeness (QED) is 0.0365. The highest BCUT2D eigenvalue weighted by Crippen LogP contribution is 2.16. The summed E-state index contributed by atoms with van der Waals surface area (Å²) in [5.74, 6) is -0.513. The van der Waals surface area contributed by atoms with Crippen LogP contribution in [0.4, 0.5) is 0 Å². The monoisotopic (exact) mass is 802 g/mol. The van der Waals surface area contributed by atoms with Gasteiger partial charge in [-0.1, -0.05) is 243 Å². The van der Waals surface area contributed by atoms with Crippen LogP contribution in [-0.2, 0) is 4.79 Å². The van der Waals surface area contributed by atoms with Gasteiger partial charge in [-0.25, -0.2) is 0 Å². The zero-order valence-corrected chi connectivity index (χ0v) is 38.2. The van der Waals surface area contributed by atoms with Gasteiger partial charge in [0.25, 0.3) is 0 Å². The molecule has 0 radical (unpaired) electrons. The second-order valence-electron chi connectivity index (χ2n) is 17.4. The van der Waals surface area contributed by atoms with Crippen molar-refractivity contribution in [1.29, 1.82) is 0 Å². The minimum Gasteiger partial charge on any atom is -0.394 e. The van der Waals surface area contributed by atoms with Gasteiger partial charge in [-0.3, -0.25) is 4.79 Å². The van der Waals surface area contributed by atoms with Crippen molar-refractivity contribution in [1.82, 2.24) is 5.32 Å². The predicted octanol–water partition coefficient (Wildman–Crippen LogP) is 15.1. The van der Waals surface area contributed by atoms with Crippen LogP contribution >= 0.6 is 0 Å². The molecule has 0 aliphatic heterocycles. The molecule has 0 aromatic rings. The summed E-state index contributed by atoms with van der Waals surface area (Å²) in [5, 5.41) is 33.2. The topological polar surface area (TPSA) is 89.8 Å². The predicted molar refractivity (Wildman–Crippen MR) is 250 cm³/mol. The summed E-state index contributed by atoms with van der Waals surface area (Å²) >= 11 is 0. The van der Waals surface area contributed by atoms with E-state index in [4.69, 9.17) is 0 Å². The number of allylic oxidation sites excluding steroid dienone is 5. The van der Waals surface area contributed by atoms with Crippen molar-refractivity contribution in [3.8, 4) is 0 Å². The lowest BCUT2D eigenvalue weighted by Gasteiger charge is -2.21. The third-order valence-electron chi connectivity index (χ3n) is 11.7. The first kappa shape index (κ1) is 55.6. The van der Waals surface area contributed by atoms with Gasteiger partial charge in [0.15, 0.2) is 0 Å². The van der Waals surface area contributed by atoms with Crippen LogP contribution in [-0.4, -0.2) is 46.1 Å². The van der Waals surface area contributed by atoms with Crippen LogP contribution in [0.2, 0.25) is 0 Å². The van der Waals surface area contributed by atoms with Gasteiger partial charge in [-0.05, 0) is 57.8 Å². The average Bonchev–Trinajstić information content (AvgIpc) is 3.22. The van der Waals surface area contributed by atoms with Crippen LogP contribution in [0.5, 0.6) is 0 Å². The molecular formula is C52H99NO4. The van der Waals surface area contributed by atoms with Crippen LogP contribution in [0.25, 0.3) is 0 Å². The summed E-state index contributed by atoms with van der Waals surface area (Å²) in [5.41, 5.74) is 0. The standard InChI is InChI=1S/C52H99NO4/c1-3-5-7-9-11-13-15-17-19-21-23-24-25-26-27-28-29-31-33-35-37-39-41-43-45-47-51(56)52(57)53-49(48-54)50(55)46-44-42-40-38-36-34-32-30-22-20-18-16-14-12-10-8-6-4-2/h26-27,36,38,44,46,49-51,54-56H,3-25,28-35,37,39-43,45,47-48H2,1-2H3,(H,53,57)/b27-26-,38-36+,46-44+. The average molecular weight is 802 g/mol. The highest BCUT2D eigenvalue weighted by molar-refractivity contribution is 5.80. The van der Waals surface area contributed by atoms with Crippen molar-refractivity contribution in [2.45, 2.75) is 283 Å². The largest absolute Gasteiger partial charge is 0.394 e. The summed E-state index contributed by atoms with van der Waals surface area (Å²) < 4.78 is 0. The lowest BCUT2D eigenvalue weighted by atomic mass is 10.0. The number of aliphatic hydroxyl groups is 3. The molecule has 5 nitrogen and oxygen atoms in total. The molecule has 3 atom stereocenters. The maximum absolute atomic E-state index is 12.5. The summed E-state index contributed by atoms with van der Waals surface area (Å²) in [4.78, 5) is 12.5. The Balaban J connectivity index is 3.64. The van der Waals surface area contributed by atoms with E-state index in [2.05, 4.69) is 43.5 Å². The summed E-state index contributed by atoms with van der Waals surface area (Å²) in [6.45, 7) is 4.19. The van der Waals surface area contributed by atoms with E-state index in [1.165, 1.54) is 205 Å². The smallest absolute Gasteiger partial charge is 0.249 e. The number of hydrogen-bond acceptors (Lipinski definition) is 4. The first-order valence-electron chi connectivity index (χ1n) is 25.3.